The van der Waals surface area contributed by atoms with E-state index in [4.69, 9.17) is 0 Å². The zero-order valence-corrected chi connectivity index (χ0v) is 45.9. The highest BCUT2D eigenvalue weighted by molar-refractivity contribution is 6.07. The summed E-state index contributed by atoms with van der Waals surface area (Å²) >= 11 is 0. The topological polar surface area (TPSA) is 0 Å². The van der Waals surface area contributed by atoms with Gasteiger partial charge >= 0.3 is 0 Å². The Kier molecular flexibility index (Phi) is 38.3. The van der Waals surface area contributed by atoms with E-state index in [1.165, 1.54) is 59.4 Å². The van der Waals surface area contributed by atoms with E-state index in [-0.39, 0.29) is 0 Å². The van der Waals surface area contributed by atoms with Crippen molar-refractivity contribution >= 4 is 53.9 Å². The molecule has 0 aliphatic rings. The maximum Gasteiger partial charge on any atom is -0.0105 e. The van der Waals surface area contributed by atoms with Gasteiger partial charge in [0.15, 0.2) is 0 Å². The van der Waals surface area contributed by atoms with Crippen molar-refractivity contribution in [3.05, 3.63) is 206 Å². The van der Waals surface area contributed by atoms with Gasteiger partial charge < -0.3 is 0 Å². The zero-order valence-electron chi connectivity index (χ0n) is 45.9. The molecule has 0 bridgehead atoms. The molecule has 0 radical (unpaired) electrons. The molecule has 0 saturated carbocycles. The Balaban J connectivity index is 0. The third-order valence-electron chi connectivity index (χ3n) is 8.39. The molecule has 0 amide bonds. The first kappa shape index (κ1) is 63.4. The highest BCUT2D eigenvalue weighted by atomic mass is 14.0. The Bertz CT molecular complexity index is 2220. The molecule has 9 aromatic carbocycles. The summed E-state index contributed by atoms with van der Waals surface area (Å²) in [7, 11) is 0. The maximum atomic E-state index is 2.24. The van der Waals surface area contributed by atoms with Crippen molar-refractivity contribution < 1.29 is 0 Å². The normalized spacial score (nSPS) is 9.36. The second-order valence-corrected chi connectivity index (χ2v) is 17.2. The lowest BCUT2D eigenvalue weighted by Gasteiger charge is -2.02. The van der Waals surface area contributed by atoms with Crippen molar-refractivity contribution in [2.24, 2.45) is 17.8 Å². The number of hydrogen-bond donors (Lipinski definition) is 0. The Hall–Kier alpha value is -5.72. The van der Waals surface area contributed by atoms with Crippen molar-refractivity contribution in [1.29, 1.82) is 0 Å². The molecule has 362 valence electrons. The van der Waals surface area contributed by atoms with Gasteiger partial charge in [0.2, 0.25) is 0 Å². The molecule has 9 rings (SSSR count). The van der Waals surface area contributed by atoms with Gasteiger partial charge in [0, 0.05) is 0 Å². The molecule has 0 aromatic heterocycles. The van der Waals surface area contributed by atoms with E-state index >= 15 is 0 Å². The van der Waals surface area contributed by atoms with Gasteiger partial charge in [-0.2, -0.15) is 0 Å². The molecule has 0 fully saturated rings. The van der Waals surface area contributed by atoms with Crippen LogP contribution in [0.4, 0.5) is 0 Å². The Labute approximate surface area is 412 Å². The summed E-state index contributed by atoms with van der Waals surface area (Å²) in [6.45, 7) is 39.9. The van der Waals surface area contributed by atoms with Gasteiger partial charge in [0.05, 0.1) is 0 Å². The number of hydrogen-bond acceptors (Lipinski definition) is 0. The van der Waals surface area contributed by atoms with Crippen LogP contribution in [0.15, 0.2) is 200 Å². The fourth-order valence-corrected chi connectivity index (χ4v) is 5.81. The van der Waals surface area contributed by atoms with Crippen LogP contribution < -0.4 is 0 Å². The molecule has 0 heteroatoms. The smallest absolute Gasteiger partial charge is 0.0105 e. The molecule has 9 aromatic rings. The molecule has 67 heavy (non-hydrogen) atoms. The monoisotopic (exact) mass is 899 g/mol. The number of rotatable bonds is 1. The molecule has 0 unspecified atom stereocenters. The second kappa shape index (κ2) is 40.5. The van der Waals surface area contributed by atoms with Crippen molar-refractivity contribution in [2.75, 3.05) is 0 Å². The fourth-order valence-electron chi connectivity index (χ4n) is 5.81. The molecule has 0 saturated heterocycles. The van der Waals surface area contributed by atoms with Crippen molar-refractivity contribution in [3.63, 3.8) is 0 Å². The first-order chi connectivity index (χ1) is 32.3. The van der Waals surface area contributed by atoms with Crippen LogP contribution in [-0.2, 0) is 0 Å². The highest BCUT2D eigenvalue weighted by Crippen LogP contribution is 2.25. The predicted molar refractivity (Wildman–Crippen MR) is 314 cm³/mol. The van der Waals surface area contributed by atoms with E-state index in [1.54, 1.807) is 0 Å². The summed E-state index contributed by atoms with van der Waals surface area (Å²) in [5.41, 5.74) is 1.41. The van der Waals surface area contributed by atoms with Gasteiger partial charge in [-0.15, -0.1) is 0 Å². The minimum absolute atomic E-state index is 0.659. The first-order valence-corrected chi connectivity index (χ1v) is 25.6. The summed E-state index contributed by atoms with van der Waals surface area (Å²) in [5.74, 6) is 3.16. The zero-order chi connectivity index (χ0) is 51.0. The lowest BCUT2D eigenvalue weighted by molar-refractivity contribution is 0.736. The van der Waals surface area contributed by atoms with Gasteiger partial charge in [-0.1, -0.05) is 320 Å². The lowest BCUT2D eigenvalue weighted by Crippen LogP contribution is -1.83. The van der Waals surface area contributed by atoms with Crippen LogP contribution in [0.5, 0.6) is 0 Å². The van der Waals surface area contributed by atoms with Crippen LogP contribution >= 0.6 is 0 Å². The van der Waals surface area contributed by atoms with Crippen LogP contribution in [-0.4, -0.2) is 0 Å². The Morgan fingerprint density at radius 1 is 0.209 bits per heavy atom. The summed E-state index contributed by atoms with van der Waals surface area (Å²) in [5, 5.41) is 13.2. The van der Waals surface area contributed by atoms with Crippen LogP contribution in [0.1, 0.15) is 143 Å². The van der Waals surface area contributed by atoms with Gasteiger partial charge in [-0.3, -0.25) is 0 Å². The molecule has 0 N–H and O–H groups in total. The van der Waals surface area contributed by atoms with Gasteiger partial charge in [0.25, 0.3) is 0 Å². The van der Waals surface area contributed by atoms with Crippen LogP contribution in [0.3, 0.4) is 0 Å². The minimum atomic E-state index is 0.659. The van der Waals surface area contributed by atoms with Crippen LogP contribution in [0.2, 0.25) is 0 Å². The third-order valence-corrected chi connectivity index (χ3v) is 8.39. The fraction of sp³-hybridized carbons (Fsp3) is 0.343. The molecule has 0 atom stereocenters. The predicted octanol–water partition coefficient (Wildman–Crippen LogP) is 22.7. The standard InChI is InChI=1S/2C14H10.C10H8.C9H12.3C4H10.4C2H6/c1-3-7-13-11(5-1)9-10-12-6-2-4-8-14(12)13;1-2-6-12-10-14-8-4-3-7-13(14)9-11(12)5-1;1-2-6-10-8-4-3-7-9(10)5-1;1-8(2)9-6-4-3-5-7-9;3*1-4(2)3;4*1-2/h2*1-10H;1-8H;3-8H,1-2H3;3*4H,1-3H3;4*1-2H3. The van der Waals surface area contributed by atoms with Crippen LogP contribution in [0, 0.1) is 17.8 Å². The molecular formula is C67H94. The summed E-state index contributed by atoms with van der Waals surface area (Å²) < 4.78 is 0. The number of benzene rings is 9. The largest absolute Gasteiger partial charge is 0.0683 e. The Morgan fingerprint density at radius 3 is 0.627 bits per heavy atom. The maximum absolute atomic E-state index is 2.24. The molecule has 0 nitrogen and oxygen atoms in total. The van der Waals surface area contributed by atoms with Gasteiger partial charge in [0.1, 0.15) is 0 Å². The average Bonchev–Trinajstić information content (AvgIpc) is 3.36. The van der Waals surface area contributed by atoms with E-state index in [9.17, 15) is 0 Å². The van der Waals surface area contributed by atoms with Gasteiger partial charge in [-0.25, -0.2) is 0 Å². The number of fused-ring (bicyclic) bond motifs is 6. The SMILES string of the molecule is CC.CC.CC.CC.CC(C)C.CC(C)C.CC(C)C.CC(C)c1ccccc1.c1ccc2c(c1)ccc1ccccc12.c1ccc2cc3ccccc3cc2c1.c1ccc2ccccc2c1. The van der Waals surface area contributed by atoms with Gasteiger partial charge in [-0.05, 0) is 95.2 Å². The minimum Gasteiger partial charge on any atom is -0.0683 e. The van der Waals surface area contributed by atoms with E-state index < -0.39 is 0 Å². The van der Waals surface area contributed by atoms with E-state index in [0.717, 1.165) is 17.8 Å². The molecule has 0 aliphatic heterocycles. The molecular weight excluding hydrogens is 805 g/mol. The first-order valence-electron chi connectivity index (χ1n) is 25.6. The van der Waals surface area contributed by atoms with E-state index in [2.05, 4.69) is 270 Å². The van der Waals surface area contributed by atoms with Crippen molar-refractivity contribution in [3.8, 4) is 0 Å². The highest BCUT2D eigenvalue weighted by Gasteiger charge is 1.98. The second-order valence-electron chi connectivity index (χ2n) is 17.2. The van der Waals surface area contributed by atoms with E-state index in [1.807, 2.05) is 61.5 Å². The Morgan fingerprint density at radius 2 is 0.403 bits per heavy atom. The molecule has 0 spiro atoms. The van der Waals surface area contributed by atoms with Crippen LogP contribution in [0.25, 0.3) is 53.9 Å². The summed E-state index contributed by atoms with van der Waals surface area (Å²) in [6, 6.07) is 70.0. The van der Waals surface area contributed by atoms with Crippen molar-refractivity contribution in [1.82, 2.24) is 0 Å². The summed E-state index contributed by atoms with van der Waals surface area (Å²) in [4.78, 5) is 0. The quantitative estimate of drug-likeness (QED) is 0.114. The van der Waals surface area contributed by atoms with E-state index in [0.29, 0.717) is 5.92 Å². The third kappa shape index (κ3) is 28.2. The average molecular weight is 899 g/mol. The summed E-state index contributed by atoms with van der Waals surface area (Å²) in [6.07, 6.45) is 0. The molecule has 0 heterocycles. The van der Waals surface area contributed by atoms with Crippen molar-refractivity contribution in [2.45, 2.75) is 137 Å². The lowest BCUT2D eigenvalue weighted by atomic mass is 10.0. The molecule has 0 aliphatic carbocycles.